The monoisotopic (exact) mass is 310 g/mol. The predicted octanol–water partition coefficient (Wildman–Crippen LogP) is 3.17. The second kappa shape index (κ2) is 6.50. The van der Waals surface area contributed by atoms with Crippen LogP contribution in [0.5, 0.6) is 0 Å². The molecule has 1 aliphatic heterocycles. The van der Waals surface area contributed by atoms with Gasteiger partial charge in [0.2, 0.25) is 0 Å². The minimum atomic E-state index is -0.157. The van der Waals surface area contributed by atoms with Crippen molar-refractivity contribution in [2.45, 2.75) is 20.3 Å². The lowest BCUT2D eigenvalue weighted by molar-refractivity contribution is 0.0648. The summed E-state index contributed by atoms with van der Waals surface area (Å²) in [6, 6.07) is 11.4. The second-order valence-corrected chi connectivity index (χ2v) is 5.85. The first kappa shape index (κ1) is 15.7. The van der Waals surface area contributed by atoms with Crippen LogP contribution < -0.4 is 0 Å². The fourth-order valence-electron chi connectivity index (χ4n) is 3.25. The maximum atomic E-state index is 12.7. The van der Waals surface area contributed by atoms with E-state index in [1.807, 2.05) is 30.3 Å². The number of amides is 2. The zero-order valence-corrected chi connectivity index (χ0v) is 13.7. The Labute approximate surface area is 136 Å². The Morgan fingerprint density at radius 1 is 0.957 bits per heavy atom. The maximum absolute atomic E-state index is 12.7. The summed E-state index contributed by atoms with van der Waals surface area (Å²) in [5, 5.41) is 1.87. The van der Waals surface area contributed by atoms with Gasteiger partial charge in [0.1, 0.15) is 0 Å². The van der Waals surface area contributed by atoms with Crippen LogP contribution in [0, 0.1) is 0 Å². The lowest BCUT2D eigenvalue weighted by atomic mass is 10.0. The van der Waals surface area contributed by atoms with Crippen LogP contribution in [0.25, 0.3) is 10.8 Å². The number of rotatable bonds is 6. The van der Waals surface area contributed by atoms with Crippen LogP contribution in [0.4, 0.5) is 0 Å². The third-order valence-corrected chi connectivity index (χ3v) is 4.61. The highest BCUT2D eigenvalue weighted by atomic mass is 16.2. The van der Waals surface area contributed by atoms with Gasteiger partial charge in [-0.05, 0) is 42.9 Å². The molecule has 1 aliphatic rings. The number of hydrogen-bond acceptors (Lipinski definition) is 3. The van der Waals surface area contributed by atoms with E-state index < -0.39 is 0 Å². The van der Waals surface area contributed by atoms with E-state index in [1.54, 1.807) is 6.07 Å². The van der Waals surface area contributed by atoms with Crippen LogP contribution in [-0.4, -0.2) is 47.8 Å². The number of imide groups is 1. The number of nitrogens with zero attached hydrogens (tertiary/aromatic N) is 2. The molecule has 23 heavy (non-hydrogen) atoms. The van der Waals surface area contributed by atoms with Crippen molar-refractivity contribution in [3.05, 3.63) is 47.5 Å². The Balaban J connectivity index is 1.82. The molecule has 0 spiro atoms. The maximum Gasteiger partial charge on any atom is 0.262 e. The molecule has 0 N–H and O–H groups in total. The van der Waals surface area contributed by atoms with Crippen LogP contribution in [0.1, 0.15) is 41.0 Å². The highest BCUT2D eigenvalue weighted by molar-refractivity contribution is 6.26. The second-order valence-electron chi connectivity index (χ2n) is 5.85. The van der Waals surface area contributed by atoms with Crippen LogP contribution in [0.15, 0.2) is 36.4 Å². The number of hydrogen-bond donors (Lipinski definition) is 0. The van der Waals surface area contributed by atoms with Crippen LogP contribution in [0.3, 0.4) is 0 Å². The molecule has 0 radical (unpaired) electrons. The molecule has 0 fully saturated rings. The van der Waals surface area contributed by atoms with Gasteiger partial charge >= 0.3 is 0 Å². The largest absolute Gasteiger partial charge is 0.304 e. The standard InChI is InChI=1S/C19H22N2O2/c1-3-20(4-2)12-7-13-21-18(22)16-11-10-14-8-5-6-9-15(14)17(16)19(21)23/h5-6,8-11H,3-4,7,12-13H2,1-2H3. The average molecular weight is 310 g/mol. The molecule has 0 aliphatic carbocycles. The van der Waals surface area contributed by atoms with Gasteiger partial charge in [0.05, 0.1) is 11.1 Å². The van der Waals surface area contributed by atoms with E-state index in [9.17, 15) is 9.59 Å². The summed E-state index contributed by atoms with van der Waals surface area (Å²) >= 11 is 0. The van der Waals surface area contributed by atoms with Gasteiger partial charge in [-0.3, -0.25) is 14.5 Å². The van der Waals surface area contributed by atoms with Gasteiger partial charge in [0.25, 0.3) is 11.8 Å². The number of fused-ring (bicyclic) bond motifs is 3. The molecule has 0 saturated heterocycles. The fraction of sp³-hybridized carbons (Fsp3) is 0.368. The molecule has 4 heteroatoms. The summed E-state index contributed by atoms with van der Waals surface area (Å²) in [5.74, 6) is -0.309. The molecule has 0 atom stereocenters. The van der Waals surface area contributed by atoms with Crippen LogP contribution >= 0.6 is 0 Å². The third-order valence-electron chi connectivity index (χ3n) is 4.61. The van der Waals surface area contributed by atoms with Gasteiger partial charge in [-0.2, -0.15) is 0 Å². The first-order chi connectivity index (χ1) is 11.2. The first-order valence-electron chi connectivity index (χ1n) is 8.27. The van der Waals surface area contributed by atoms with Gasteiger partial charge in [-0.15, -0.1) is 0 Å². The van der Waals surface area contributed by atoms with Gasteiger partial charge in [0.15, 0.2) is 0 Å². The Hall–Kier alpha value is -2.20. The molecule has 0 bridgehead atoms. The van der Waals surface area contributed by atoms with Crippen LogP contribution in [-0.2, 0) is 0 Å². The molecule has 120 valence electrons. The Morgan fingerprint density at radius 2 is 1.70 bits per heavy atom. The van der Waals surface area contributed by atoms with Crippen molar-refractivity contribution >= 4 is 22.6 Å². The lowest BCUT2D eigenvalue weighted by Gasteiger charge is -2.20. The van der Waals surface area contributed by atoms with E-state index in [1.165, 1.54) is 4.90 Å². The summed E-state index contributed by atoms with van der Waals surface area (Å²) < 4.78 is 0. The van der Waals surface area contributed by atoms with Crippen molar-refractivity contribution in [1.29, 1.82) is 0 Å². The molecular formula is C19H22N2O2. The summed E-state index contributed by atoms with van der Waals surface area (Å²) in [7, 11) is 0. The van der Waals surface area contributed by atoms with Crippen molar-refractivity contribution in [3.63, 3.8) is 0 Å². The SMILES string of the molecule is CCN(CC)CCCN1C(=O)c2ccc3ccccc3c2C1=O. The molecule has 4 nitrogen and oxygen atoms in total. The van der Waals surface area contributed by atoms with E-state index >= 15 is 0 Å². The molecule has 0 unspecified atom stereocenters. The zero-order chi connectivity index (χ0) is 16.4. The Kier molecular flexibility index (Phi) is 4.44. The fourth-order valence-corrected chi connectivity index (χ4v) is 3.25. The van der Waals surface area contributed by atoms with Gasteiger partial charge in [-0.25, -0.2) is 0 Å². The molecule has 2 aromatic carbocycles. The molecule has 1 heterocycles. The number of carbonyl (C=O) groups excluding carboxylic acids is 2. The zero-order valence-electron chi connectivity index (χ0n) is 13.7. The van der Waals surface area contributed by atoms with E-state index in [0.29, 0.717) is 17.7 Å². The Morgan fingerprint density at radius 3 is 2.43 bits per heavy atom. The highest BCUT2D eigenvalue weighted by Gasteiger charge is 2.36. The minimum Gasteiger partial charge on any atom is -0.304 e. The minimum absolute atomic E-state index is 0.152. The predicted molar refractivity (Wildman–Crippen MR) is 91.7 cm³/mol. The normalized spacial score (nSPS) is 14.1. The summed E-state index contributed by atoms with van der Waals surface area (Å²) in [4.78, 5) is 29.0. The van der Waals surface area contributed by atoms with E-state index in [0.717, 1.165) is 36.8 Å². The van der Waals surface area contributed by atoms with Crippen molar-refractivity contribution in [2.75, 3.05) is 26.2 Å². The summed E-state index contributed by atoms with van der Waals surface area (Å²) in [6.07, 6.45) is 0.811. The van der Waals surface area contributed by atoms with Gasteiger partial charge < -0.3 is 4.90 Å². The molecule has 2 aromatic rings. The van der Waals surface area contributed by atoms with Crippen molar-refractivity contribution < 1.29 is 9.59 Å². The molecule has 2 amide bonds. The van der Waals surface area contributed by atoms with E-state index in [2.05, 4.69) is 18.7 Å². The van der Waals surface area contributed by atoms with Crippen molar-refractivity contribution in [3.8, 4) is 0 Å². The van der Waals surface area contributed by atoms with Crippen LogP contribution in [0.2, 0.25) is 0 Å². The highest BCUT2D eigenvalue weighted by Crippen LogP contribution is 2.30. The lowest BCUT2D eigenvalue weighted by Crippen LogP contribution is -2.33. The molecule has 0 saturated carbocycles. The smallest absolute Gasteiger partial charge is 0.262 e. The quantitative estimate of drug-likeness (QED) is 0.770. The first-order valence-corrected chi connectivity index (χ1v) is 8.27. The molecule has 3 rings (SSSR count). The number of carbonyl (C=O) groups is 2. The Bertz CT molecular complexity index is 750. The molecule has 0 aromatic heterocycles. The van der Waals surface area contributed by atoms with E-state index in [4.69, 9.17) is 0 Å². The van der Waals surface area contributed by atoms with E-state index in [-0.39, 0.29) is 11.8 Å². The molecular weight excluding hydrogens is 288 g/mol. The number of benzene rings is 2. The summed E-state index contributed by atoms with van der Waals surface area (Å²) in [5.41, 5.74) is 1.10. The van der Waals surface area contributed by atoms with Gasteiger partial charge in [0, 0.05) is 6.54 Å². The summed E-state index contributed by atoms with van der Waals surface area (Å²) in [6.45, 7) is 7.61. The van der Waals surface area contributed by atoms with Crippen molar-refractivity contribution in [2.24, 2.45) is 0 Å². The van der Waals surface area contributed by atoms with Gasteiger partial charge in [-0.1, -0.05) is 44.2 Å². The average Bonchev–Trinajstić information content (AvgIpc) is 2.83. The topological polar surface area (TPSA) is 40.6 Å². The third kappa shape index (κ3) is 2.75. The van der Waals surface area contributed by atoms with Crippen molar-refractivity contribution in [1.82, 2.24) is 9.80 Å².